The van der Waals surface area contributed by atoms with Crippen molar-refractivity contribution in [1.82, 2.24) is 10.3 Å². The highest BCUT2D eigenvalue weighted by atomic mass is 32.2. The van der Waals surface area contributed by atoms with Crippen LogP contribution in [0.15, 0.2) is 78.0 Å². The van der Waals surface area contributed by atoms with Gasteiger partial charge in [-0.2, -0.15) is 0 Å². The molecule has 3 aromatic rings. The number of amides is 1. The maximum absolute atomic E-state index is 12.7. The minimum Gasteiger partial charge on any atom is -0.494 e. The Morgan fingerprint density at radius 2 is 1.76 bits per heavy atom. The first-order chi connectivity index (χ1) is 14.0. The van der Waals surface area contributed by atoms with E-state index in [9.17, 15) is 13.2 Å². The molecule has 1 heterocycles. The lowest BCUT2D eigenvalue weighted by molar-refractivity contribution is 0.0950. The topological polar surface area (TPSA) is 97.4 Å². The van der Waals surface area contributed by atoms with Crippen molar-refractivity contribution >= 4 is 21.6 Å². The van der Waals surface area contributed by atoms with Gasteiger partial charge in [0.2, 0.25) is 0 Å². The van der Waals surface area contributed by atoms with Crippen LogP contribution >= 0.6 is 0 Å². The van der Waals surface area contributed by atoms with Gasteiger partial charge in [-0.25, -0.2) is 8.42 Å². The molecule has 3 rings (SSSR count). The zero-order valence-corrected chi connectivity index (χ0v) is 16.6. The lowest BCUT2D eigenvalue weighted by Gasteiger charge is -2.11. The third-order valence-corrected chi connectivity index (χ3v) is 5.41. The van der Waals surface area contributed by atoms with Crippen molar-refractivity contribution in [2.45, 2.75) is 18.4 Å². The van der Waals surface area contributed by atoms with Crippen LogP contribution in [-0.4, -0.2) is 25.9 Å². The summed E-state index contributed by atoms with van der Waals surface area (Å²) < 4.78 is 33.2. The van der Waals surface area contributed by atoms with E-state index in [2.05, 4.69) is 15.0 Å². The third-order valence-electron chi connectivity index (χ3n) is 4.03. The molecule has 0 unspecified atom stereocenters. The Labute approximate surface area is 169 Å². The molecule has 8 heteroatoms. The van der Waals surface area contributed by atoms with E-state index in [1.165, 1.54) is 18.2 Å². The van der Waals surface area contributed by atoms with Gasteiger partial charge >= 0.3 is 0 Å². The lowest BCUT2D eigenvalue weighted by atomic mass is 10.2. The van der Waals surface area contributed by atoms with Crippen LogP contribution in [0.25, 0.3) is 0 Å². The number of rotatable bonds is 8. The van der Waals surface area contributed by atoms with E-state index in [1.807, 2.05) is 6.92 Å². The molecule has 0 bridgehead atoms. The number of carbonyl (C=O) groups is 1. The molecule has 0 saturated carbocycles. The van der Waals surface area contributed by atoms with Crippen LogP contribution in [0.1, 0.15) is 22.8 Å². The zero-order chi connectivity index (χ0) is 20.7. The SMILES string of the molecule is CCOc1ccc(NS(=O)(=O)c2cccc(C(=O)NCc3ccncc3)c2)cc1. The predicted octanol–water partition coefficient (Wildman–Crippen LogP) is 3.21. The second-order valence-corrected chi connectivity index (χ2v) is 7.81. The summed E-state index contributed by atoms with van der Waals surface area (Å²) in [6.45, 7) is 2.72. The van der Waals surface area contributed by atoms with Gasteiger partial charge in [-0.15, -0.1) is 0 Å². The van der Waals surface area contributed by atoms with Gasteiger partial charge in [0.1, 0.15) is 5.75 Å². The van der Waals surface area contributed by atoms with Crippen LogP contribution < -0.4 is 14.8 Å². The van der Waals surface area contributed by atoms with Crippen LogP contribution in [0.3, 0.4) is 0 Å². The van der Waals surface area contributed by atoms with Crippen LogP contribution in [0.5, 0.6) is 5.75 Å². The molecule has 2 N–H and O–H groups in total. The van der Waals surface area contributed by atoms with Crippen molar-refractivity contribution in [2.75, 3.05) is 11.3 Å². The quantitative estimate of drug-likeness (QED) is 0.593. The average Bonchev–Trinajstić information content (AvgIpc) is 2.74. The molecule has 0 fully saturated rings. The van der Waals surface area contributed by atoms with Crippen molar-refractivity contribution in [3.05, 3.63) is 84.2 Å². The Morgan fingerprint density at radius 3 is 2.45 bits per heavy atom. The molecule has 29 heavy (non-hydrogen) atoms. The van der Waals surface area contributed by atoms with Gasteiger partial charge in [0.25, 0.3) is 15.9 Å². The summed E-state index contributed by atoms with van der Waals surface area (Å²) in [6.07, 6.45) is 3.28. The van der Waals surface area contributed by atoms with E-state index in [4.69, 9.17) is 4.74 Å². The van der Waals surface area contributed by atoms with E-state index in [0.29, 0.717) is 24.6 Å². The molecule has 150 valence electrons. The summed E-state index contributed by atoms with van der Waals surface area (Å²) >= 11 is 0. The highest BCUT2D eigenvalue weighted by Gasteiger charge is 2.16. The van der Waals surface area contributed by atoms with E-state index in [1.54, 1.807) is 54.9 Å². The molecule has 0 atom stereocenters. The number of hydrogen-bond donors (Lipinski definition) is 2. The average molecular weight is 411 g/mol. The summed E-state index contributed by atoms with van der Waals surface area (Å²) in [5, 5.41) is 2.77. The number of nitrogens with zero attached hydrogens (tertiary/aromatic N) is 1. The van der Waals surface area contributed by atoms with Gasteiger partial charge in [0.15, 0.2) is 0 Å². The molecular weight excluding hydrogens is 390 g/mol. The van der Waals surface area contributed by atoms with E-state index in [0.717, 1.165) is 5.56 Å². The Hall–Kier alpha value is -3.39. The van der Waals surface area contributed by atoms with E-state index < -0.39 is 10.0 Å². The van der Waals surface area contributed by atoms with Gasteiger partial charge in [0, 0.05) is 30.2 Å². The molecule has 0 aliphatic rings. The first-order valence-corrected chi connectivity index (χ1v) is 10.5. The number of ether oxygens (including phenoxy) is 1. The fraction of sp³-hybridized carbons (Fsp3) is 0.143. The van der Waals surface area contributed by atoms with Crippen LogP contribution in [0.2, 0.25) is 0 Å². The molecule has 0 aliphatic heterocycles. The van der Waals surface area contributed by atoms with Crippen LogP contribution in [0.4, 0.5) is 5.69 Å². The number of aromatic nitrogens is 1. The second kappa shape index (κ2) is 9.20. The summed E-state index contributed by atoms with van der Waals surface area (Å²) in [5.74, 6) is 0.295. The highest BCUT2D eigenvalue weighted by Crippen LogP contribution is 2.20. The number of carbonyl (C=O) groups excluding carboxylic acids is 1. The first kappa shape index (κ1) is 20.3. The third kappa shape index (κ3) is 5.55. The lowest BCUT2D eigenvalue weighted by Crippen LogP contribution is -2.23. The standard InChI is InChI=1S/C21H21N3O4S/c1-2-28-19-8-6-18(7-9-19)24-29(26,27)20-5-3-4-17(14-20)21(25)23-15-16-10-12-22-13-11-16/h3-14,24H,2,15H2,1H3,(H,23,25). The highest BCUT2D eigenvalue weighted by molar-refractivity contribution is 7.92. The number of hydrogen-bond acceptors (Lipinski definition) is 5. The Morgan fingerprint density at radius 1 is 1.03 bits per heavy atom. The van der Waals surface area contributed by atoms with E-state index >= 15 is 0 Å². The second-order valence-electron chi connectivity index (χ2n) is 6.13. The maximum Gasteiger partial charge on any atom is 0.261 e. The van der Waals surface area contributed by atoms with E-state index in [-0.39, 0.29) is 16.4 Å². The Balaban J connectivity index is 1.70. The number of nitrogens with one attached hydrogen (secondary N) is 2. The molecule has 7 nitrogen and oxygen atoms in total. The normalized spacial score (nSPS) is 10.9. The zero-order valence-electron chi connectivity index (χ0n) is 15.8. The number of anilines is 1. The largest absolute Gasteiger partial charge is 0.494 e. The molecule has 0 radical (unpaired) electrons. The predicted molar refractivity (Wildman–Crippen MR) is 110 cm³/mol. The summed E-state index contributed by atoms with van der Waals surface area (Å²) in [5.41, 5.74) is 1.56. The van der Waals surface area contributed by atoms with Gasteiger partial charge in [-0.3, -0.25) is 14.5 Å². The summed E-state index contributed by atoms with van der Waals surface area (Å²) in [7, 11) is -3.84. The molecule has 0 spiro atoms. The fourth-order valence-corrected chi connectivity index (χ4v) is 3.69. The smallest absolute Gasteiger partial charge is 0.261 e. The number of pyridine rings is 1. The van der Waals surface area contributed by atoms with Crippen molar-refractivity contribution in [3.63, 3.8) is 0 Å². The van der Waals surface area contributed by atoms with Crippen molar-refractivity contribution in [1.29, 1.82) is 0 Å². The molecule has 2 aromatic carbocycles. The number of benzene rings is 2. The summed E-state index contributed by atoms with van der Waals surface area (Å²) in [4.78, 5) is 16.3. The van der Waals surface area contributed by atoms with Crippen LogP contribution in [0, 0.1) is 0 Å². The van der Waals surface area contributed by atoms with Gasteiger partial charge in [-0.1, -0.05) is 6.07 Å². The summed E-state index contributed by atoms with van der Waals surface area (Å²) in [6, 6.07) is 16.1. The fourth-order valence-electron chi connectivity index (χ4n) is 2.59. The van der Waals surface area contributed by atoms with Crippen molar-refractivity contribution in [2.24, 2.45) is 0 Å². The Bertz CT molecular complexity index is 1070. The number of sulfonamides is 1. The molecule has 1 aromatic heterocycles. The minimum absolute atomic E-state index is 0.00273. The Kier molecular flexibility index (Phi) is 6.46. The van der Waals surface area contributed by atoms with Gasteiger partial charge in [-0.05, 0) is 67.1 Å². The first-order valence-electron chi connectivity index (χ1n) is 9.01. The van der Waals surface area contributed by atoms with Gasteiger partial charge in [0.05, 0.1) is 11.5 Å². The molecular formula is C21H21N3O4S. The monoisotopic (exact) mass is 411 g/mol. The van der Waals surface area contributed by atoms with Crippen molar-refractivity contribution < 1.29 is 17.9 Å². The van der Waals surface area contributed by atoms with Gasteiger partial charge < -0.3 is 10.1 Å². The maximum atomic E-state index is 12.7. The van der Waals surface area contributed by atoms with Crippen molar-refractivity contribution in [3.8, 4) is 5.75 Å². The van der Waals surface area contributed by atoms with Crippen LogP contribution in [-0.2, 0) is 16.6 Å². The minimum atomic E-state index is -3.84. The molecule has 0 saturated heterocycles. The molecule has 0 aliphatic carbocycles. The molecule has 1 amide bonds.